The van der Waals surface area contributed by atoms with Crippen molar-refractivity contribution in [2.24, 2.45) is 10.7 Å². The Morgan fingerprint density at radius 2 is 2.22 bits per heavy atom. The first-order valence-electron chi connectivity index (χ1n) is 8.40. The number of aliphatic imine (C=N–C) groups is 1. The van der Waals surface area contributed by atoms with E-state index in [1.165, 1.54) is 36.0 Å². The van der Waals surface area contributed by atoms with E-state index in [1.807, 2.05) is 13.1 Å². The number of aromatic nitrogens is 2. The van der Waals surface area contributed by atoms with Crippen LogP contribution in [0.15, 0.2) is 29.4 Å². The van der Waals surface area contributed by atoms with Crippen LogP contribution in [0.3, 0.4) is 0 Å². The monoisotopic (exact) mass is 311 g/mol. The highest BCUT2D eigenvalue weighted by molar-refractivity contribution is 5.93. The highest BCUT2D eigenvalue weighted by atomic mass is 15.1. The lowest BCUT2D eigenvalue weighted by Gasteiger charge is -2.19. The predicted octanol–water partition coefficient (Wildman–Crippen LogP) is 2.96. The van der Waals surface area contributed by atoms with E-state index in [2.05, 4.69) is 38.7 Å². The Morgan fingerprint density at radius 3 is 3.04 bits per heavy atom. The molecule has 1 aliphatic carbocycles. The van der Waals surface area contributed by atoms with Gasteiger partial charge in [-0.25, -0.2) is 0 Å². The number of rotatable bonds is 5. The van der Waals surface area contributed by atoms with Gasteiger partial charge in [-0.05, 0) is 68.2 Å². The highest BCUT2D eigenvalue weighted by Gasteiger charge is 2.13. The lowest BCUT2D eigenvalue weighted by atomic mass is 9.90. The van der Waals surface area contributed by atoms with Crippen LogP contribution in [0.5, 0.6) is 0 Å². The van der Waals surface area contributed by atoms with Gasteiger partial charge in [0.05, 0.1) is 6.20 Å². The summed E-state index contributed by atoms with van der Waals surface area (Å²) in [5, 5.41) is 10.3. The molecule has 23 heavy (non-hydrogen) atoms. The summed E-state index contributed by atoms with van der Waals surface area (Å²) in [4.78, 5) is 4.45. The summed E-state index contributed by atoms with van der Waals surface area (Å²) in [5.41, 5.74) is 12.4. The van der Waals surface area contributed by atoms with Gasteiger partial charge in [0.2, 0.25) is 0 Å². The summed E-state index contributed by atoms with van der Waals surface area (Å²) < 4.78 is 0. The topological polar surface area (TPSA) is 79.1 Å². The third kappa shape index (κ3) is 3.92. The number of guanidine groups is 1. The lowest BCUT2D eigenvalue weighted by molar-refractivity contribution is 0.687. The van der Waals surface area contributed by atoms with Crippen LogP contribution in [0.4, 0.5) is 5.69 Å². The Hall–Kier alpha value is -2.30. The van der Waals surface area contributed by atoms with E-state index in [0.717, 1.165) is 37.2 Å². The maximum atomic E-state index is 6.05. The van der Waals surface area contributed by atoms with Gasteiger partial charge in [-0.2, -0.15) is 5.10 Å². The summed E-state index contributed by atoms with van der Waals surface area (Å²) in [7, 11) is 0. The summed E-state index contributed by atoms with van der Waals surface area (Å²) in [6, 6.07) is 6.42. The fourth-order valence-electron chi connectivity index (χ4n) is 3.17. The van der Waals surface area contributed by atoms with Crippen molar-refractivity contribution in [1.29, 1.82) is 0 Å². The van der Waals surface area contributed by atoms with Gasteiger partial charge >= 0.3 is 0 Å². The minimum Gasteiger partial charge on any atom is -0.370 e. The predicted molar refractivity (Wildman–Crippen MR) is 94.8 cm³/mol. The van der Waals surface area contributed by atoms with E-state index in [1.54, 1.807) is 0 Å². The van der Waals surface area contributed by atoms with Crippen molar-refractivity contribution in [3.63, 3.8) is 0 Å². The van der Waals surface area contributed by atoms with Crippen LogP contribution in [-0.4, -0.2) is 22.7 Å². The molecule has 4 N–H and O–H groups in total. The van der Waals surface area contributed by atoms with E-state index in [-0.39, 0.29) is 0 Å². The van der Waals surface area contributed by atoms with Crippen molar-refractivity contribution in [2.75, 3.05) is 11.9 Å². The molecule has 0 saturated heterocycles. The lowest BCUT2D eigenvalue weighted by Crippen LogP contribution is -2.24. The van der Waals surface area contributed by atoms with Crippen LogP contribution in [0.1, 0.15) is 41.6 Å². The number of nitrogens with two attached hydrogens (primary N) is 1. The molecule has 1 aromatic heterocycles. The molecule has 2 aromatic rings. The Kier molecular flexibility index (Phi) is 4.95. The number of hydrogen-bond donors (Lipinski definition) is 3. The minimum atomic E-state index is 0.507. The van der Waals surface area contributed by atoms with Crippen LogP contribution in [0.25, 0.3) is 0 Å². The van der Waals surface area contributed by atoms with Crippen LogP contribution < -0.4 is 11.1 Å². The maximum absolute atomic E-state index is 6.05. The molecule has 0 radical (unpaired) electrons. The van der Waals surface area contributed by atoms with Gasteiger partial charge in [-0.3, -0.25) is 10.1 Å². The molecule has 1 aliphatic rings. The van der Waals surface area contributed by atoms with Gasteiger partial charge < -0.3 is 11.1 Å². The smallest absolute Gasteiger partial charge is 0.193 e. The average Bonchev–Trinajstić information content (AvgIpc) is 2.97. The standard InChI is InChI=1S/C18H25N5/c1-13-15(12-21-23-13)8-5-11-20-18(19)22-17-10-4-7-14-6-2-3-9-16(14)17/h4,7,10,12H,2-3,5-6,8-9,11H2,1H3,(H,21,23)(H3,19,20,22). The third-order valence-corrected chi connectivity index (χ3v) is 4.48. The summed E-state index contributed by atoms with van der Waals surface area (Å²) in [6.07, 6.45) is 8.67. The first-order chi connectivity index (χ1) is 11.2. The first-order valence-corrected chi connectivity index (χ1v) is 8.40. The van der Waals surface area contributed by atoms with Crippen molar-refractivity contribution < 1.29 is 0 Å². The zero-order chi connectivity index (χ0) is 16.1. The number of benzene rings is 1. The second-order valence-electron chi connectivity index (χ2n) is 6.17. The number of H-pyrrole nitrogens is 1. The number of nitrogens with zero attached hydrogens (tertiary/aromatic N) is 2. The molecule has 0 amide bonds. The Morgan fingerprint density at radius 1 is 1.35 bits per heavy atom. The van der Waals surface area contributed by atoms with Crippen LogP contribution in [-0.2, 0) is 19.3 Å². The van der Waals surface area contributed by atoms with Crippen molar-refractivity contribution in [2.45, 2.75) is 45.4 Å². The van der Waals surface area contributed by atoms with E-state index >= 15 is 0 Å². The van der Waals surface area contributed by atoms with Crippen molar-refractivity contribution in [3.05, 3.63) is 46.8 Å². The number of fused-ring (bicyclic) bond motifs is 1. The summed E-state index contributed by atoms with van der Waals surface area (Å²) in [6.45, 7) is 2.76. The molecule has 0 unspecified atom stereocenters. The molecule has 122 valence electrons. The quantitative estimate of drug-likeness (QED) is 0.451. The summed E-state index contributed by atoms with van der Waals surface area (Å²) >= 11 is 0. The highest BCUT2D eigenvalue weighted by Crippen LogP contribution is 2.27. The number of anilines is 1. The first kappa shape index (κ1) is 15.6. The molecule has 1 aromatic carbocycles. The molecule has 0 spiro atoms. The normalized spacial score (nSPS) is 14.6. The Bertz CT molecular complexity index is 686. The van der Waals surface area contributed by atoms with Gasteiger partial charge in [-0.15, -0.1) is 0 Å². The van der Waals surface area contributed by atoms with E-state index in [0.29, 0.717) is 5.96 Å². The SMILES string of the molecule is Cc1[nH]ncc1CCCN=C(N)Nc1cccc2c1CCCC2. The molecular weight excluding hydrogens is 286 g/mol. The third-order valence-electron chi connectivity index (χ3n) is 4.48. The van der Waals surface area contributed by atoms with Gasteiger partial charge in [0.1, 0.15) is 0 Å². The Labute approximate surface area is 137 Å². The molecule has 0 fully saturated rings. The van der Waals surface area contributed by atoms with Crippen LogP contribution in [0, 0.1) is 6.92 Å². The second-order valence-corrected chi connectivity index (χ2v) is 6.17. The molecular formula is C18H25N5. The fraction of sp³-hybridized carbons (Fsp3) is 0.444. The van der Waals surface area contributed by atoms with E-state index in [4.69, 9.17) is 5.73 Å². The molecule has 1 heterocycles. The molecule has 5 nitrogen and oxygen atoms in total. The van der Waals surface area contributed by atoms with E-state index in [9.17, 15) is 0 Å². The molecule has 0 bridgehead atoms. The van der Waals surface area contributed by atoms with Crippen LogP contribution >= 0.6 is 0 Å². The fourth-order valence-corrected chi connectivity index (χ4v) is 3.17. The molecule has 0 saturated carbocycles. The van der Waals surface area contributed by atoms with Crippen molar-refractivity contribution in [1.82, 2.24) is 10.2 Å². The van der Waals surface area contributed by atoms with Gasteiger partial charge in [0.25, 0.3) is 0 Å². The molecule has 0 atom stereocenters. The van der Waals surface area contributed by atoms with Gasteiger partial charge in [0, 0.05) is 17.9 Å². The molecule has 0 aliphatic heterocycles. The number of aryl methyl sites for hydroxylation is 3. The zero-order valence-corrected chi connectivity index (χ0v) is 13.7. The Balaban J connectivity index is 1.54. The number of nitrogens with one attached hydrogen (secondary N) is 2. The average molecular weight is 311 g/mol. The summed E-state index contributed by atoms with van der Waals surface area (Å²) in [5.74, 6) is 0.507. The zero-order valence-electron chi connectivity index (χ0n) is 13.7. The number of hydrogen-bond acceptors (Lipinski definition) is 2. The maximum Gasteiger partial charge on any atom is 0.193 e. The van der Waals surface area contributed by atoms with Crippen LogP contribution in [0.2, 0.25) is 0 Å². The van der Waals surface area contributed by atoms with Gasteiger partial charge in [-0.1, -0.05) is 12.1 Å². The van der Waals surface area contributed by atoms with Crippen molar-refractivity contribution in [3.8, 4) is 0 Å². The van der Waals surface area contributed by atoms with Gasteiger partial charge in [0.15, 0.2) is 5.96 Å². The van der Waals surface area contributed by atoms with E-state index < -0.39 is 0 Å². The largest absolute Gasteiger partial charge is 0.370 e. The minimum absolute atomic E-state index is 0.507. The molecule has 3 rings (SSSR count). The molecule has 5 heteroatoms. The number of aromatic amines is 1. The van der Waals surface area contributed by atoms with Crippen molar-refractivity contribution >= 4 is 11.6 Å². The second kappa shape index (κ2) is 7.31.